The number of nitrogens with zero attached hydrogens (tertiary/aromatic N) is 3. The van der Waals surface area contributed by atoms with Crippen LogP contribution in [0.2, 0.25) is 5.28 Å². The Morgan fingerprint density at radius 1 is 1.41 bits per heavy atom. The summed E-state index contributed by atoms with van der Waals surface area (Å²) in [6.07, 6.45) is 4.68. The van der Waals surface area contributed by atoms with Gasteiger partial charge in [0.05, 0.1) is 12.2 Å². The summed E-state index contributed by atoms with van der Waals surface area (Å²) in [4.78, 5) is 26.6. The van der Waals surface area contributed by atoms with E-state index in [2.05, 4.69) is 32.2 Å². The first-order valence-electron chi connectivity index (χ1n) is 7.40. The van der Waals surface area contributed by atoms with Gasteiger partial charge < -0.3 is 15.4 Å². The molecule has 118 valence electrons. The largest absolute Gasteiger partial charge is 0.465 e. The second kappa shape index (κ2) is 6.08. The second-order valence-electron chi connectivity index (χ2n) is 5.95. The zero-order chi connectivity index (χ0) is 15.7. The molecule has 0 unspecified atom stereocenters. The van der Waals surface area contributed by atoms with Crippen LogP contribution in [0, 0.1) is 11.8 Å². The van der Waals surface area contributed by atoms with Crippen molar-refractivity contribution in [2.24, 2.45) is 11.8 Å². The van der Waals surface area contributed by atoms with E-state index in [-0.39, 0.29) is 17.2 Å². The molecule has 22 heavy (non-hydrogen) atoms. The van der Waals surface area contributed by atoms with Gasteiger partial charge in [0.25, 0.3) is 0 Å². The zero-order valence-electron chi connectivity index (χ0n) is 12.2. The van der Waals surface area contributed by atoms with Gasteiger partial charge in [-0.2, -0.15) is 4.98 Å². The molecule has 3 N–H and O–H groups in total. The summed E-state index contributed by atoms with van der Waals surface area (Å²) >= 11 is 5.77. The number of fused-ring (bicyclic) bond motifs is 1. The molecule has 0 aromatic carbocycles. The first kappa shape index (κ1) is 15.0. The van der Waals surface area contributed by atoms with E-state index in [1.165, 1.54) is 0 Å². The summed E-state index contributed by atoms with van der Waals surface area (Å²) in [5.41, 5.74) is 1.11. The van der Waals surface area contributed by atoms with Crippen LogP contribution in [0.1, 0.15) is 44.5 Å². The average Bonchev–Trinajstić information content (AvgIpc) is 2.88. The number of hydrogen-bond acceptors (Lipinski definition) is 4. The number of aromatic amines is 1. The maximum Gasteiger partial charge on any atom is 0.405 e. The fraction of sp³-hybridized carbons (Fsp3) is 0.571. The van der Waals surface area contributed by atoms with E-state index in [1.807, 2.05) is 0 Å². The number of nitrogens with one attached hydrogen (secondary N) is 2. The number of carboxylic acid groups (broad SMARTS) is 1. The van der Waals surface area contributed by atoms with Crippen molar-refractivity contribution in [1.29, 1.82) is 0 Å². The number of rotatable bonds is 3. The maximum atomic E-state index is 11.2. The van der Waals surface area contributed by atoms with E-state index in [9.17, 15) is 4.79 Å². The Balaban J connectivity index is 1.91. The summed E-state index contributed by atoms with van der Waals surface area (Å²) in [6, 6.07) is -0.363. The SMILES string of the molecule is CC1CCC([C@H](NC(=O)O)c2nc3nc(Cl)ncc3[nH]2)CC1. The molecule has 0 saturated heterocycles. The molecule has 2 aromatic heterocycles. The fourth-order valence-electron chi connectivity index (χ4n) is 3.11. The van der Waals surface area contributed by atoms with Crippen molar-refractivity contribution in [1.82, 2.24) is 25.3 Å². The van der Waals surface area contributed by atoms with E-state index < -0.39 is 6.09 Å². The van der Waals surface area contributed by atoms with Crippen molar-refractivity contribution in [3.63, 3.8) is 0 Å². The minimum atomic E-state index is -1.05. The van der Waals surface area contributed by atoms with Crippen molar-refractivity contribution in [2.75, 3.05) is 0 Å². The Labute approximate surface area is 132 Å². The van der Waals surface area contributed by atoms with Crippen molar-refractivity contribution < 1.29 is 9.90 Å². The van der Waals surface area contributed by atoms with Gasteiger partial charge in [-0.25, -0.2) is 14.8 Å². The number of carbonyl (C=O) groups is 1. The molecule has 0 radical (unpaired) electrons. The molecule has 1 fully saturated rings. The fourth-order valence-corrected chi connectivity index (χ4v) is 3.24. The summed E-state index contributed by atoms with van der Waals surface area (Å²) in [6.45, 7) is 2.23. The second-order valence-corrected chi connectivity index (χ2v) is 6.28. The Morgan fingerprint density at radius 2 is 2.14 bits per heavy atom. The Hall–Kier alpha value is -1.89. The van der Waals surface area contributed by atoms with Crippen LogP contribution in [0.3, 0.4) is 0 Å². The summed E-state index contributed by atoms with van der Waals surface area (Å²) in [5.74, 6) is 1.51. The number of halogens is 1. The normalized spacial score (nSPS) is 23.4. The molecule has 3 rings (SSSR count). The van der Waals surface area contributed by atoms with Gasteiger partial charge in [0.15, 0.2) is 5.65 Å². The zero-order valence-corrected chi connectivity index (χ0v) is 13.0. The third-order valence-electron chi connectivity index (χ3n) is 4.33. The minimum Gasteiger partial charge on any atom is -0.465 e. The van der Waals surface area contributed by atoms with Crippen molar-refractivity contribution in [2.45, 2.75) is 38.6 Å². The highest BCUT2D eigenvalue weighted by molar-refractivity contribution is 6.28. The third kappa shape index (κ3) is 3.14. The highest BCUT2D eigenvalue weighted by Gasteiger charge is 2.30. The van der Waals surface area contributed by atoms with Gasteiger partial charge in [0.2, 0.25) is 5.28 Å². The molecule has 7 nitrogen and oxygen atoms in total. The highest BCUT2D eigenvalue weighted by Crippen LogP contribution is 2.36. The number of amides is 1. The molecule has 1 aliphatic carbocycles. The summed E-state index contributed by atoms with van der Waals surface area (Å²) < 4.78 is 0. The first-order chi connectivity index (χ1) is 10.5. The van der Waals surface area contributed by atoms with Crippen molar-refractivity contribution >= 4 is 28.9 Å². The van der Waals surface area contributed by atoms with Crippen LogP contribution in [0.15, 0.2) is 6.20 Å². The van der Waals surface area contributed by atoms with Crippen LogP contribution < -0.4 is 5.32 Å². The molecule has 8 heteroatoms. The maximum absolute atomic E-state index is 11.2. The lowest BCUT2D eigenvalue weighted by molar-refractivity contribution is 0.172. The smallest absolute Gasteiger partial charge is 0.405 e. The number of aromatic nitrogens is 4. The predicted octanol–water partition coefficient (Wildman–Crippen LogP) is 3.14. The van der Waals surface area contributed by atoms with Crippen LogP contribution in [0.5, 0.6) is 0 Å². The molecule has 1 atom stereocenters. The lowest BCUT2D eigenvalue weighted by Gasteiger charge is -2.31. The van der Waals surface area contributed by atoms with Crippen LogP contribution in [0.25, 0.3) is 11.2 Å². The summed E-state index contributed by atoms with van der Waals surface area (Å²) in [7, 11) is 0. The number of imidazole rings is 1. The van der Waals surface area contributed by atoms with Gasteiger partial charge in [0.1, 0.15) is 11.3 Å². The number of hydrogen-bond donors (Lipinski definition) is 3. The standard InChI is InChI=1S/C14H18ClN5O2/c1-7-2-4-8(5-3-7)10(18-14(21)22)12-17-9-6-16-13(15)20-11(9)19-12/h6-8,10,18H,2-5H2,1H3,(H,21,22)(H,16,17,19,20)/t7?,8?,10-/m0/s1. The van der Waals surface area contributed by atoms with Gasteiger partial charge in [-0.15, -0.1) is 0 Å². The minimum absolute atomic E-state index is 0.125. The molecule has 1 aliphatic rings. The van der Waals surface area contributed by atoms with Gasteiger partial charge >= 0.3 is 6.09 Å². The molecule has 0 spiro atoms. The molecule has 2 heterocycles. The van der Waals surface area contributed by atoms with Crippen LogP contribution in [-0.2, 0) is 0 Å². The molecule has 0 bridgehead atoms. The van der Waals surface area contributed by atoms with Crippen molar-refractivity contribution in [3.8, 4) is 0 Å². The quantitative estimate of drug-likeness (QED) is 0.753. The topological polar surface area (TPSA) is 104 Å². The van der Waals surface area contributed by atoms with E-state index in [4.69, 9.17) is 16.7 Å². The predicted molar refractivity (Wildman–Crippen MR) is 81.7 cm³/mol. The number of H-pyrrole nitrogens is 1. The molecular weight excluding hydrogens is 306 g/mol. The lowest BCUT2D eigenvalue weighted by Crippen LogP contribution is -2.34. The van der Waals surface area contributed by atoms with E-state index >= 15 is 0 Å². The lowest BCUT2D eigenvalue weighted by atomic mass is 9.79. The molecule has 2 aromatic rings. The Kier molecular flexibility index (Phi) is 4.15. The Bertz CT molecular complexity index is 681. The van der Waals surface area contributed by atoms with E-state index in [1.54, 1.807) is 6.20 Å². The average molecular weight is 324 g/mol. The Morgan fingerprint density at radius 3 is 2.82 bits per heavy atom. The van der Waals surface area contributed by atoms with Crippen LogP contribution >= 0.6 is 11.6 Å². The van der Waals surface area contributed by atoms with Gasteiger partial charge in [0, 0.05) is 0 Å². The van der Waals surface area contributed by atoms with Crippen molar-refractivity contribution in [3.05, 3.63) is 17.3 Å². The highest BCUT2D eigenvalue weighted by atomic mass is 35.5. The third-order valence-corrected chi connectivity index (χ3v) is 4.52. The van der Waals surface area contributed by atoms with Crippen LogP contribution in [0.4, 0.5) is 4.79 Å². The van der Waals surface area contributed by atoms with Gasteiger partial charge in [-0.05, 0) is 36.3 Å². The molecule has 1 amide bonds. The monoisotopic (exact) mass is 323 g/mol. The van der Waals surface area contributed by atoms with Gasteiger partial charge in [-0.3, -0.25) is 0 Å². The first-order valence-corrected chi connectivity index (χ1v) is 7.78. The summed E-state index contributed by atoms with van der Waals surface area (Å²) in [5, 5.41) is 11.9. The van der Waals surface area contributed by atoms with E-state index in [0.717, 1.165) is 25.7 Å². The molecular formula is C14H18ClN5O2. The van der Waals surface area contributed by atoms with E-state index in [0.29, 0.717) is 22.9 Å². The van der Waals surface area contributed by atoms with Crippen LogP contribution in [-0.4, -0.2) is 31.1 Å². The van der Waals surface area contributed by atoms with Gasteiger partial charge in [-0.1, -0.05) is 19.8 Å². The molecule has 0 aliphatic heterocycles. The molecule has 1 saturated carbocycles.